The molecule has 2 aromatic carbocycles. The maximum Gasteiger partial charge on any atom is 0.257 e. The number of carbonyl (C=O) groups excluding carboxylic acids is 1. The normalized spacial score (nSPS) is 10.8. The number of hydrogen-bond acceptors (Lipinski definition) is 4. The number of thiazole rings is 1. The molecule has 0 radical (unpaired) electrons. The highest BCUT2D eigenvalue weighted by Crippen LogP contribution is 2.27. The van der Waals surface area contributed by atoms with Gasteiger partial charge in [0.1, 0.15) is 5.82 Å². The van der Waals surface area contributed by atoms with Crippen molar-refractivity contribution < 1.29 is 4.79 Å². The molecule has 0 unspecified atom stereocenters. The van der Waals surface area contributed by atoms with Gasteiger partial charge in [-0.05, 0) is 41.9 Å². The molecule has 1 amide bonds. The predicted octanol–water partition coefficient (Wildman–Crippen LogP) is 5.63. The Morgan fingerprint density at radius 3 is 2.61 bits per heavy atom. The average molecular weight is 453 g/mol. The predicted molar refractivity (Wildman–Crippen MR) is 116 cm³/mol. The van der Waals surface area contributed by atoms with Crippen LogP contribution in [0.4, 0.5) is 5.82 Å². The number of carbonyl (C=O) groups is 1. The van der Waals surface area contributed by atoms with Crippen molar-refractivity contribution in [1.82, 2.24) is 14.8 Å². The largest absolute Gasteiger partial charge is 0.306 e. The van der Waals surface area contributed by atoms with Gasteiger partial charge in [-0.1, -0.05) is 42.0 Å². The fourth-order valence-electron chi connectivity index (χ4n) is 2.78. The van der Waals surface area contributed by atoms with Gasteiger partial charge in [0.25, 0.3) is 5.91 Å². The Hall–Kier alpha value is -2.77. The van der Waals surface area contributed by atoms with Gasteiger partial charge in [-0.25, -0.2) is 4.98 Å². The first-order chi connectivity index (χ1) is 13.5. The summed E-state index contributed by atoms with van der Waals surface area (Å²) in [5, 5.41) is 10.1. The minimum atomic E-state index is -0.205. The van der Waals surface area contributed by atoms with Crippen molar-refractivity contribution in [1.29, 1.82) is 0 Å². The Kier molecular flexibility index (Phi) is 5.11. The standard InChI is InChI=1S/C21H17BrN4OS/c1-13-7-9-15(10-8-13)18-12-28-21(23-18)26-19(11-14(2)25-26)24-20(27)16-5-3-4-6-17(16)22/h3-12H,1-2H3,(H,24,27). The van der Waals surface area contributed by atoms with Crippen LogP contribution >= 0.6 is 27.3 Å². The van der Waals surface area contributed by atoms with Crippen LogP contribution in [0.2, 0.25) is 0 Å². The smallest absolute Gasteiger partial charge is 0.257 e. The molecule has 0 saturated heterocycles. The zero-order valence-corrected chi connectivity index (χ0v) is 17.7. The third kappa shape index (κ3) is 3.76. The van der Waals surface area contributed by atoms with Crippen LogP contribution in [0.3, 0.4) is 0 Å². The molecule has 0 bridgehead atoms. The van der Waals surface area contributed by atoms with Crippen molar-refractivity contribution in [2.45, 2.75) is 13.8 Å². The average Bonchev–Trinajstić information content (AvgIpc) is 3.29. The second-order valence-electron chi connectivity index (χ2n) is 6.40. The number of benzene rings is 2. The number of aromatic nitrogens is 3. The molecule has 0 aliphatic heterocycles. The summed E-state index contributed by atoms with van der Waals surface area (Å²) >= 11 is 4.90. The lowest BCUT2D eigenvalue weighted by molar-refractivity contribution is 0.102. The van der Waals surface area contributed by atoms with Gasteiger partial charge in [-0.15, -0.1) is 11.3 Å². The van der Waals surface area contributed by atoms with Crippen LogP contribution in [0.25, 0.3) is 16.4 Å². The van der Waals surface area contributed by atoms with Crippen LogP contribution in [0.5, 0.6) is 0 Å². The summed E-state index contributed by atoms with van der Waals surface area (Å²) in [5.74, 6) is 0.381. The summed E-state index contributed by atoms with van der Waals surface area (Å²) in [7, 11) is 0. The minimum absolute atomic E-state index is 0.205. The Balaban J connectivity index is 1.64. The maximum absolute atomic E-state index is 12.7. The van der Waals surface area contributed by atoms with E-state index in [9.17, 15) is 4.79 Å². The Labute approximate surface area is 175 Å². The molecule has 0 saturated carbocycles. The number of rotatable bonds is 4. The van der Waals surface area contributed by atoms with Crippen LogP contribution < -0.4 is 5.32 Å². The molecule has 5 nitrogen and oxygen atoms in total. The van der Waals surface area contributed by atoms with Crippen molar-refractivity contribution in [3.05, 3.63) is 81.3 Å². The molecule has 28 heavy (non-hydrogen) atoms. The van der Waals surface area contributed by atoms with Crippen LogP contribution in [0.1, 0.15) is 21.6 Å². The third-order valence-electron chi connectivity index (χ3n) is 4.21. The van der Waals surface area contributed by atoms with Crippen molar-refractivity contribution >= 4 is 39.0 Å². The number of halogens is 1. The number of nitrogens with one attached hydrogen (secondary N) is 1. The zero-order valence-electron chi connectivity index (χ0n) is 15.3. The molecular weight excluding hydrogens is 436 g/mol. The first-order valence-electron chi connectivity index (χ1n) is 8.67. The van der Waals surface area contributed by atoms with E-state index in [-0.39, 0.29) is 5.91 Å². The second kappa shape index (κ2) is 7.69. The second-order valence-corrected chi connectivity index (χ2v) is 8.09. The fourth-order valence-corrected chi connectivity index (χ4v) is 4.04. The molecule has 0 aliphatic carbocycles. The van der Waals surface area contributed by atoms with Crippen molar-refractivity contribution in [3.63, 3.8) is 0 Å². The molecule has 2 heterocycles. The molecule has 1 N–H and O–H groups in total. The maximum atomic E-state index is 12.7. The highest BCUT2D eigenvalue weighted by Gasteiger charge is 2.16. The zero-order chi connectivity index (χ0) is 19.7. The molecule has 4 rings (SSSR count). The summed E-state index contributed by atoms with van der Waals surface area (Å²) in [5.41, 5.74) is 4.51. The van der Waals surface area contributed by atoms with Gasteiger partial charge in [0.2, 0.25) is 5.13 Å². The monoisotopic (exact) mass is 452 g/mol. The number of amides is 1. The lowest BCUT2D eigenvalue weighted by Crippen LogP contribution is -2.15. The van der Waals surface area contributed by atoms with E-state index >= 15 is 0 Å². The molecule has 0 fully saturated rings. The van der Waals surface area contributed by atoms with Crippen LogP contribution in [-0.2, 0) is 0 Å². The third-order valence-corrected chi connectivity index (χ3v) is 5.72. The minimum Gasteiger partial charge on any atom is -0.306 e. The van der Waals surface area contributed by atoms with E-state index < -0.39 is 0 Å². The molecule has 4 aromatic rings. The van der Waals surface area contributed by atoms with Crippen molar-refractivity contribution in [2.75, 3.05) is 5.32 Å². The van der Waals surface area contributed by atoms with E-state index in [2.05, 4.69) is 57.5 Å². The molecule has 0 aliphatic rings. The van der Waals surface area contributed by atoms with E-state index in [0.717, 1.165) is 21.4 Å². The Morgan fingerprint density at radius 2 is 1.86 bits per heavy atom. The van der Waals surface area contributed by atoms with E-state index in [4.69, 9.17) is 4.98 Å². The molecule has 140 valence electrons. The van der Waals surface area contributed by atoms with Gasteiger partial charge in [-0.3, -0.25) is 4.79 Å². The van der Waals surface area contributed by atoms with Crippen LogP contribution in [0.15, 0.2) is 64.5 Å². The summed E-state index contributed by atoms with van der Waals surface area (Å²) in [6.07, 6.45) is 0. The first-order valence-corrected chi connectivity index (χ1v) is 10.3. The Bertz CT molecular complexity index is 1150. The van der Waals surface area contributed by atoms with Gasteiger partial charge in [0.15, 0.2) is 0 Å². The van der Waals surface area contributed by atoms with Gasteiger partial charge in [0.05, 0.1) is 17.0 Å². The quantitative estimate of drug-likeness (QED) is 0.436. The van der Waals surface area contributed by atoms with Crippen molar-refractivity contribution in [3.8, 4) is 16.4 Å². The van der Waals surface area contributed by atoms with Gasteiger partial charge in [0, 0.05) is 21.5 Å². The molecule has 2 aromatic heterocycles. The van der Waals surface area contributed by atoms with E-state index in [1.54, 1.807) is 10.7 Å². The summed E-state index contributed by atoms with van der Waals surface area (Å²) in [4.78, 5) is 17.4. The van der Waals surface area contributed by atoms with E-state index in [1.165, 1.54) is 16.9 Å². The topological polar surface area (TPSA) is 59.8 Å². The van der Waals surface area contributed by atoms with Gasteiger partial charge < -0.3 is 5.32 Å². The van der Waals surface area contributed by atoms with Crippen LogP contribution in [0, 0.1) is 13.8 Å². The lowest BCUT2D eigenvalue weighted by atomic mass is 10.1. The number of anilines is 1. The molecule has 7 heteroatoms. The number of nitrogens with zero attached hydrogens (tertiary/aromatic N) is 3. The van der Waals surface area contributed by atoms with Gasteiger partial charge >= 0.3 is 0 Å². The molecule has 0 atom stereocenters. The Morgan fingerprint density at radius 1 is 1.11 bits per heavy atom. The summed E-state index contributed by atoms with van der Waals surface area (Å²) < 4.78 is 2.41. The highest BCUT2D eigenvalue weighted by atomic mass is 79.9. The van der Waals surface area contributed by atoms with Crippen LogP contribution in [-0.4, -0.2) is 20.7 Å². The molecular formula is C21H17BrN4OS. The van der Waals surface area contributed by atoms with E-state index in [0.29, 0.717) is 16.5 Å². The highest BCUT2D eigenvalue weighted by molar-refractivity contribution is 9.10. The SMILES string of the molecule is Cc1ccc(-c2csc(-n3nc(C)cc3NC(=O)c3ccccc3Br)n2)cc1. The lowest BCUT2D eigenvalue weighted by Gasteiger charge is -2.07. The summed E-state index contributed by atoms with van der Waals surface area (Å²) in [6.45, 7) is 3.95. The fraction of sp³-hybridized carbons (Fsp3) is 0.0952. The summed E-state index contributed by atoms with van der Waals surface area (Å²) in [6, 6.07) is 17.4. The number of hydrogen-bond donors (Lipinski definition) is 1. The van der Waals surface area contributed by atoms with Gasteiger partial charge in [-0.2, -0.15) is 9.78 Å². The van der Waals surface area contributed by atoms with Crippen molar-refractivity contribution in [2.24, 2.45) is 0 Å². The first kappa shape index (κ1) is 18.6. The van der Waals surface area contributed by atoms with E-state index in [1.807, 2.05) is 36.6 Å². The number of aryl methyl sites for hydroxylation is 2. The molecule has 0 spiro atoms.